The third kappa shape index (κ3) is 6.81. The topological polar surface area (TPSA) is 30.8 Å². The smallest absolute Gasteiger partial charge is 0.336 e. The van der Waals surface area contributed by atoms with Crippen LogP contribution in [-0.4, -0.2) is 35.0 Å². The van der Waals surface area contributed by atoms with Crippen molar-refractivity contribution in [1.29, 1.82) is 0 Å². The van der Waals surface area contributed by atoms with Gasteiger partial charge >= 0.3 is 8.56 Å². The lowest BCUT2D eigenvalue weighted by atomic mass is 10.1. The van der Waals surface area contributed by atoms with Gasteiger partial charge in [0.25, 0.3) is 0 Å². The van der Waals surface area contributed by atoms with Gasteiger partial charge in [0.1, 0.15) is 0 Å². The van der Waals surface area contributed by atoms with Crippen LogP contribution in [0.1, 0.15) is 27.2 Å². The minimum Gasteiger partial charge on any atom is -0.398 e. The highest BCUT2D eigenvalue weighted by molar-refractivity contribution is 6.66. The van der Waals surface area contributed by atoms with Gasteiger partial charge < -0.3 is 8.85 Å². The van der Waals surface area contributed by atoms with E-state index in [1.807, 2.05) is 0 Å². The monoisotopic (exact) mass is 231 g/mol. The predicted molar refractivity (Wildman–Crippen MR) is 67.9 cm³/mol. The van der Waals surface area contributed by atoms with E-state index in [0.717, 1.165) is 19.0 Å². The molecular weight excluding hydrogens is 206 g/mol. The molecule has 0 aromatic rings. The molecule has 0 heterocycles. The summed E-state index contributed by atoms with van der Waals surface area (Å²) in [5.74, 6) is 0.683. The van der Waals surface area contributed by atoms with Crippen molar-refractivity contribution in [1.82, 2.24) is 0 Å². The van der Waals surface area contributed by atoms with Crippen molar-refractivity contribution in [2.24, 2.45) is 10.9 Å². The molecular formula is C11H25NO2Si. The number of nitrogens with zero attached hydrogens (tertiary/aromatic N) is 1. The summed E-state index contributed by atoms with van der Waals surface area (Å²) in [6.45, 7) is 9.41. The molecule has 0 fully saturated rings. The Morgan fingerprint density at radius 2 is 1.80 bits per heavy atom. The van der Waals surface area contributed by atoms with Crippen LogP contribution in [0.2, 0.25) is 12.6 Å². The Bertz CT molecular complexity index is 201. The Kier molecular flexibility index (Phi) is 7.05. The lowest BCUT2D eigenvalue weighted by Gasteiger charge is -2.21. The molecule has 3 nitrogen and oxygen atoms in total. The first kappa shape index (κ1) is 14.8. The fraction of sp³-hybridized carbons (Fsp3) is 0.909. The van der Waals surface area contributed by atoms with E-state index in [-0.39, 0.29) is 0 Å². The Labute approximate surface area is 95.1 Å². The van der Waals surface area contributed by atoms with Crippen LogP contribution in [0.25, 0.3) is 0 Å². The molecule has 0 aliphatic heterocycles. The molecule has 0 unspecified atom stereocenters. The van der Waals surface area contributed by atoms with E-state index < -0.39 is 8.56 Å². The molecule has 90 valence electrons. The minimum absolute atomic E-state index is 0.683. The molecule has 0 aliphatic rings. The van der Waals surface area contributed by atoms with E-state index in [2.05, 4.69) is 32.3 Å². The van der Waals surface area contributed by atoms with Crippen molar-refractivity contribution in [3.63, 3.8) is 0 Å². The highest BCUT2D eigenvalue weighted by atomic mass is 28.4. The molecule has 4 heteroatoms. The average Bonchev–Trinajstić information content (AvgIpc) is 2.16. The van der Waals surface area contributed by atoms with Crippen molar-refractivity contribution in [3.8, 4) is 0 Å². The minimum atomic E-state index is -1.91. The van der Waals surface area contributed by atoms with Gasteiger partial charge in [0.2, 0.25) is 0 Å². The van der Waals surface area contributed by atoms with Gasteiger partial charge in [0.05, 0.1) is 0 Å². The van der Waals surface area contributed by atoms with Crippen molar-refractivity contribution in [3.05, 3.63) is 0 Å². The van der Waals surface area contributed by atoms with Crippen molar-refractivity contribution in [2.75, 3.05) is 20.8 Å². The average molecular weight is 231 g/mol. The van der Waals surface area contributed by atoms with Gasteiger partial charge in [-0.25, -0.2) is 0 Å². The summed E-state index contributed by atoms with van der Waals surface area (Å²) < 4.78 is 10.8. The zero-order valence-electron chi connectivity index (χ0n) is 11.0. The van der Waals surface area contributed by atoms with Crippen LogP contribution in [0.3, 0.4) is 0 Å². The molecule has 0 rings (SSSR count). The van der Waals surface area contributed by atoms with E-state index >= 15 is 0 Å². The molecule has 0 atom stereocenters. The lowest BCUT2D eigenvalue weighted by molar-refractivity contribution is 0.250. The molecule has 15 heavy (non-hydrogen) atoms. The first-order valence-electron chi connectivity index (χ1n) is 5.53. The van der Waals surface area contributed by atoms with Crippen LogP contribution in [0.5, 0.6) is 0 Å². The number of aliphatic imine (C=N–C) groups is 1. The van der Waals surface area contributed by atoms with Crippen LogP contribution in [0.15, 0.2) is 4.99 Å². The second kappa shape index (κ2) is 7.14. The molecule has 0 amide bonds. The molecule has 0 aromatic heterocycles. The second-order valence-electron chi connectivity index (χ2n) is 4.51. The Morgan fingerprint density at radius 1 is 1.27 bits per heavy atom. The quantitative estimate of drug-likeness (QED) is 0.498. The maximum Gasteiger partial charge on any atom is 0.336 e. The zero-order valence-corrected chi connectivity index (χ0v) is 12.0. The highest BCUT2D eigenvalue weighted by Gasteiger charge is 2.27. The first-order valence-corrected chi connectivity index (χ1v) is 8.06. The van der Waals surface area contributed by atoms with Crippen LogP contribution >= 0.6 is 0 Å². The fourth-order valence-corrected chi connectivity index (χ4v) is 2.49. The summed E-state index contributed by atoms with van der Waals surface area (Å²) in [4.78, 5) is 4.54. The highest BCUT2D eigenvalue weighted by Crippen LogP contribution is 2.11. The van der Waals surface area contributed by atoms with Crippen LogP contribution in [-0.2, 0) is 8.85 Å². The van der Waals surface area contributed by atoms with Crippen molar-refractivity contribution >= 4 is 14.3 Å². The van der Waals surface area contributed by atoms with Gasteiger partial charge in [-0.05, 0) is 25.8 Å². The summed E-state index contributed by atoms with van der Waals surface area (Å²) in [6, 6.07) is 0.926. The van der Waals surface area contributed by atoms with Gasteiger partial charge in [-0.15, -0.1) is 0 Å². The van der Waals surface area contributed by atoms with Gasteiger partial charge in [-0.3, -0.25) is 4.99 Å². The van der Waals surface area contributed by atoms with Crippen molar-refractivity contribution < 1.29 is 8.85 Å². The summed E-state index contributed by atoms with van der Waals surface area (Å²) in [5, 5.41) is 0. The third-order valence-corrected chi connectivity index (χ3v) is 5.37. The number of hydrogen-bond donors (Lipinski definition) is 0. The molecule has 0 aromatic carbocycles. The molecule has 0 saturated carbocycles. The Hall–Kier alpha value is -0.193. The number of hydrogen-bond acceptors (Lipinski definition) is 3. The summed E-state index contributed by atoms with van der Waals surface area (Å²) in [5.41, 5.74) is 1.23. The molecule has 0 radical (unpaired) electrons. The fourth-order valence-electron chi connectivity index (χ4n) is 1.39. The van der Waals surface area contributed by atoms with E-state index in [0.29, 0.717) is 5.92 Å². The number of rotatable bonds is 7. The molecule has 0 bridgehead atoms. The normalized spacial score (nSPS) is 13.7. The van der Waals surface area contributed by atoms with Gasteiger partial charge in [0.15, 0.2) is 0 Å². The first-order chi connectivity index (χ1) is 6.93. The second-order valence-corrected chi connectivity index (χ2v) is 8.09. The molecule has 0 N–H and O–H groups in total. The third-order valence-electron chi connectivity index (χ3n) is 2.51. The van der Waals surface area contributed by atoms with Crippen LogP contribution < -0.4 is 0 Å². The summed E-state index contributed by atoms with van der Waals surface area (Å²) in [7, 11) is 1.53. The molecule has 0 aliphatic carbocycles. The van der Waals surface area contributed by atoms with E-state index in [1.165, 1.54) is 5.71 Å². The predicted octanol–water partition coefficient (Wildman–Crippen LogP) is 2.86. The van der Waals surface area contributed by atoms with Gasteiger partial charge in [0, 0.05) is 32.5 Å². The van der Waals surface area contributed by atoms with E-state index in [1.54, 1.807) is 14.2 Å². The summed E-state index contributed by atoms with van der Waals surface area (Å²) >= 11 is 0. The van der Waals surface area contributed by atoms with Crippen LogP contribution in [0, 0.1) is 5.92 Å². The largest absolute Gasteiger partial charge is 0.398 e. The van der Waals surface area contributed by atoms with Crippen molar-refractivity contribution in [2.45, 2.75) is 39.8 Å². The maximum absolute atomic E-state index is 5.40. The van der Waals surface area contributed by atoms with Gasteiger partial charge in [-0.2, -0.15) is 0 Å². The molecule has 0 spiro atoms. The Balaban J connectivity index is 3.95. The maximum atomic E-state index is 5.40. The molecule has 0 saturated heterocycles. The van der Waals surface area contributed by atoms with E-state index in [4.69, 9.17) is 8.85 Å². The lowest BCUT2D eigenvalue weighted by Crippen LogP contribution is -2.36. The van der Waals surface area contributed by atoms with Crippen LogP contribution in [0.4, 0.5) is 0 Å². The Morgan fingerprint density at radius 3 is 2.20 bits per heavy atom. The van der Waals surface area contributed by atoms with Gasteiger partial charge in [-0.1, -0.05) is 13.8 Å². The standard InChI is InChI=1S/C11H25NO2Si/c1-10(2)9-11(3)12-7-8-15(6,13-4)14-5/h10H,7-9H2,1-6H3/b12-11-. The SMILES string of the molecule is CO[Si](C)(CC/N=C(/C)CC(C)C)OC. The van der Waals surface area contributed by atoms with E-state index in [9.17, 15) is 0 Å². The summed E-state index contributed by atoms with van der Waals surface area (Å²) in [6.07, 6.45) is 1.08. The zero-order chi connectivity index (χ0) is 11.9.